The van der Waals surface area contributed by atoms with Crippen molar-refractivity contribution in [3.63, 3.8) is 0 Å². The Hall–Kier alpha value is -2.43. The molecule has 0 saturated carbocycles. The van der Waals surface area contributed by atoms with E-state index >= 15 is 0 Å². The highest BCUT2D eigenvalue weighted by atomic mass is 19.1. The number of nitrogens with one attached hydrogen (secondary N) is 2. The lowest BCUT2D eigenvalue weighted by Gasteiger charge is -2.43. The van der Waals surface area contributed by atoms with E-state index in [-0.39, 0.29) is 17.0 Å². The van der Waals surface area contributed by atoms with Gasteiger partial charge in [-0.2, -0.15) is 5.10 Å². The number of rotatable bonds is 1. The molecule has 1 atom stereocenters. The number of nitrogens with zero attached hydrogens (tertiary/aromatic N) is 1. The number of hydrogen-bond acceptors (Lipinski definition) is 3. The van der Waals surface area contributed by atoms with Crippen molar-refractivity contribution in [3.8, 4) is 0 Å². The Morgan fingerprint density at radius 2 is 1.88 bits per heavy atom. The zero-order valence-electron chi connectivity index (χ0n) is 15.0. The van der Waals surface area contributed by atoms with E-state index < -0.39 is 5.41 Å². The molecular weight excluding hydrogens is 317 g/mol. The van der Waals surface area contributed by atoms with Crippen molar-refractivity contribution in [1.29, 1.82) is 0 Å². The largest absolute Gasteiger partial charge is 0.342 e. The summed E-state index contributed by atoms with van der Waals surface area (Å²) in [4.78, 5) is 13.1. The molecule has 5 heteroatoms. The number of aromatic nitrogens is 2. The Bertz CT molecular complexity index is 925. The molecule has 0 saturated heterocycles. The predicted molar refractivity (Wildman–Crippen MR) is 94.8 cm³/mol. The normalized spacial score (nSPS) is 24.6. The number of ketones is 1. The number of carbonyl (C=O) groups is 1. The first-order chi connectivity index (χ1) is 11.7. The van der Waals surface area contributed by atoms with E-state index in [4.69, 9.17) is 0 Å². The molecule has 4 rings (SSSR count). The highest BCUT2D eigenvalue weighted by molar-refractivity contribution is 6.02. The molecule has 0 spiro atoms. The Balaban J connectivity index is 2.05. The summed E-state index contributed by atoms with van der Waals surface area (Å²) < 4.78 is 14.8. The minimum absolute atomic E-state index is 0.0794. The maximum Gasteiger partial charge on any atom is 0.162 e. The lowest BCUT2D eigenvalue weighted by atomic mass is 9.61. The first kappa shape index (κ1) is 16.1. The van der Waals surface area contributed by atoms with Crippen LogP contribution in [0.5, 0.6) is 0 Å². The smallest absolute Gasteiger partial charge is 0.162 e. The molecule has 1 aliphatic carbocycles. The van der Waals surface area contributed by atoms with Crippen LogP contribution in [0.1, 0.15) is 50.4 Å². The quantitative estimate of drug-likeness (QED) is 0.817. The van der Waals surface area contributed by atoms with Crippen LogP contribution < -0.4 is 5.32 Å². The Kier molecular flexibility index (Phi) is 3.24. The fourth-order valence-corrected chi connectivity index (χ4v) is 4.54. The SMILES string of the molecule is Cc1[nH]nc2c1C(C)(c1ccccc1F)C1=C(CC(C)(C)CC1=O)N2. The van der Waals surface area contributed by atoms with Crippen molar-refractivity contribution in [1.82, 2.24) is 10.2 Å². The second-order valence-corrected chi connectivity index (χ2v) is 8.10. The predicted octanol–water partition coefficient (Wildman–Crippen LogP) is 4.23. The van der Waals surface area contributed by atoms with Gasteiger partial charge in [0.25, 0.3) is 0 Å². The number of halogens is 1. The second kappa shape index (κ2) is 5.04. The van der Waals surface area contributed by atoms with Crippen LogP contribution in [0.3, 0.4) is 0 Å². The van der Waals surface area contributed by atoms with Crippen LogP contribution in [-0.4, -0.2) is 16.0 Å². The molecule has 1 aromatic carbocycles. The van der Waals surface area contributed by atoms with Crippen LogP contribution >= 0.6 is 0 Å². The lowest BCUT2D eigenvalue weighted by molar-refractivity contribution is -0.118. The number of H-pyrrole nitrogens is 1. The summed E-state index contributed by atoms with van der Waals surface area (Å²) >= 11 is 0. The number of benzene rings is 1. The zero-order chi connectivity index (χ0) is 18.0. The van der Waals surface area contributed by atoms with Crippen LogP contribution in [0.4, 0.5) is 10.2 Å². The van der Waals surface area contributed by atoms with Crippen LogP contribution in [0.2, 0.25) is 0 Å². The molecule has 130 valence electrons. The number of anilines is 1. The Morgan fingerprint density at radius 3 is 2.60 bits per heavy atom. The number of fused-ring (bicyclic) bond motifs is 1. The van der Waals surface area contributed by atoms with Crippen LogP contribution in [0.25, 0.3) is 0 Å². The van der Waals surface area contributed by atoms with Crippen molar-refractivity contribution in [2.24, 2.45) is 5.41 Å². The third-order valence-electron chi connectivity index (χ3n) is 5.50. The van der Waals surface area contributed by atoms with Crippen molar-refractivity contribution in [2.45, 2.75) is 46.0 Å². The van der Waals surface area contributed by atoms with Crippen molar-refractivity contribution in [2.75, 3.05) is 5.32 Å². The van der Waals surface area contributed by atoms with E-state index in [2.05, 4.69) is 29.4 Å². The average molecular weight is 339 g/mol. The summed E-state index contributed by atoms with van der Waals surface area (Å²) in [5, 5.41) is 10.7. The van der Waals surface area contributed by atoms with Crippen molar-refractivity contribution < 1.29 is 9.18 Å². The number of hydrogen-bond donors (Lipinski definition) is 2. The number of aromatic amines is 1. The van der Waals surface area contributed by atoms with E-state index in [1.54, 1.807) is 12.1 Å². The molecule has 2 aliphatic rings. The Labute approximate surface area is 146 Å². The summed E-state index contributed by atoms with van der Waals surface area (Å²) in [5.74, 6) is 0.464. The number of carbonyl (C=O) groups excluding carboxylic acids is 1. The molecule has 1 aliphatic heterocycles. The third-order valence-corrected chi connectivity index (χ3v) is 5.50. The maximum absolute atomic E-state index is 14.8. The summed E-state index contributed by atoms with van der Waals surface area (Å²) in [6.07, 6.45) is 1.20. The monoisotopic (exact) mass is 339 g/mol. The van der Waals surface area contributed by atoms with Gasteiger partial charge in [0.15, 0.2) is 11.6 Å². The molecule has 1 unspecified atom stereocenters. The molecule has 0 radical (unpaired) electrons. The number of aryl methyl sites for hydroxylation is 1. The summed E-state index contributed by atoms with van der Waals surface area (Å²) in [7, 11) is 0. The second-order valence-electron chi connectivity index (χ2n) is 8.10. The first-order valence-corrected chi connectivity index (χ1v) is 8.58. The highest BCUT2D eigenvalue weighted by Crippen LogP contribution is 2.53. The molecule has 25 heavy (non-hydrogen) atoms. The topological polar surface area (TPSA) is 57.8 Å². The third kappa shape index (κ3) is 2.18. The van der Waals surface area contributed by atoms with Crippen molar-refractivity contribution >= 4 is 11.6 Å². The molecule has 2 aromatic rings. The van der Waals surface area contributed by atoms with Crippen LogP contribution in [0.15, 0.2) is 35.5 Å². The van der Waals surface area contributed by atoms with Gasteiger partial charge in [0.2, 0.25) is 0 Å². The first-order valence-electron chi connectivity index (χ1n) is 8.58. The molecule has 4 nitrogen and oxygen atoms in total. The van der Waals surface area contributed by atoms with Gasteiger partial charge in [0.05, 0.1) is 5.41 Å². The average Bonchev–Trinajstić information content (AvgIpc) is 2.87. The van der Waals surface area contributed by atoms with Gasteiger partial charge in [-0.1, -0.05) is 32.0 Å². The summed E-state index contributed by atoms with van der Waals surface area (Å²) in [6.45, 7) is 8.03. The van der Waals surface area contributed by atoms with E-state index in [0.29, 0.717) is 23.4 Å². The van der Waals surface area contributed by atoms with E-state index in [1.807, 2.05) is 19.9 Å². The van der Waals surface area contributed by atoms with Crippen molar-refractivity contribution in [3.05, 3.63) is 58.2 Å². The van der Waals surface area contributed by atoms with Gasteiger partial charge >= 0.3 is 0 Å². The number of Topliss-reactive ketones (excluding diaryl/α,β-unsaturated/α-hetero) is 1. The highest BCUT2D eigenvalue weighted by Gasteiger charge is 2.50. The van der Waals surface area contributed by atoms with E-state index in [1.165, 1.54) is 6.07 Å². The van der Waals surface area contributed by atoms with Gasteiger partial charge < -0.3 is 5.32 Å². The van der Waals surface area contributed by atoms with Gasteiger partial charge in [-0.15, -0.1) is 0 Å². The summed E-state index contributed by atoms with van der Waals surface area (Å²) in [6, 6.07) is 6.72. The molecule has 2 heterocycles. The van der Waals surface area contributed by atoms with E-state index in [0.717, 1.165) is 23.4 Å². The molecule has 0 bridgehead atoms. The van der Waals surface area contributed by atoms with Crippen LogP contribution in [0, 0.1) is 18.2 Å². The zero-order valence-corrected chi connectivity index (χ0v) is 15.0. The van der Waals surface area contributed by atoms with Gasteiger partial charge in [-0.3, -0.25) is 9.89 Å². The fourth-order valence-electron chi connectivity index (χ4n) is 4.54. The van der Waals surface area contributed by atoms with Gasteiger partial charge in [-0.05, 0) is 31.7 Å². The van der Waals surface area contributed by atoms with E-state index in [9.17, 15) is 9.18 Å². The Morgan fingerprint density at radius 1 is 1.16 bits per heavy atom. The fraction of sp³-hybridized carbons (Fsp3) is 0.400. The molecular formula is C20H22FN3O. The van der Waals surface area contributed by atoms with Gasteiger partial charge in [-0.25, -0.2) is 4.39 Å². The van der Waals surface area contributed by atoms with Gasteiger partial charge in [0, 0.05) is 34.5 Å². The minimum atomic E-state index is -0.855. The number of allylic oxidation sites excluding steroid dienone is 2. The molecule has 0 amide bonds. The maximum atomic E-state index is 14.8. The summed E-state index contributed by atoms with van der Waals surface area (Å²) in [5.41, 5.74) is 2.78. The van der Waals surface area contributed by atoms with Gasteiger partial charge in [0.1, 0.15) is 5.82 Å². The van der Waals surface area contributed by atoms with Crippen LogP contribution in [-0.2, 0) is 10.2 Å². The standard InChI is InChI=1S/C20H22FN3O/c1-11-16-18(24-23-11)22-14-9-19(2,3)10-15(25)17(14)20(16,4)12-7-5-6-8-13(12)21/h5-8H,9-10H2,1-4H3,(H2,22,23,24). The minimum Gasteiger partial charge on any atom is -0.342 e. The molecule has 1 aromatic heterocycles. The lowest BCUT2D eigenvalue weighted by Crippen LogP contribution is -2.42. The molecule has 2 N–H and O–H groups in total. The molecule has 0 fully saturated rings.